The van der Waals surface area contributed by atoms with Gasteiger partial charge in [-0.05, 0) is 49.1 Å². The van der Waals surface area contributed by atoms with Crippen molar-refractivity contribution >= 4 is 23.3 Å². The summed E-state index contributed by atoms with van der Waals surface area (Å²) >= 11 is 5.93. The number of benzene rings is 2. The first-order valence-electron chi connectivity index (χ1n) is 11.8. The lowest BCUT2D eigenvalue weighted by Crippen LogP contribution is -2.41. The molecule has 1 N–H and O–H groups in total. The summed E-state index contributed by atoms with van der Waals surface area (Å²) in [6.45, 7) is 2.09. The van der Waals surface area contributed by atoms with Gasteiger partial charge in [-0.2, -0.15) is 4.98 Å². The summed E-state index contributed by atoms with van der Waals surface area (Å²) < 4.78 is 5.58. The monoisotopic (exact) mass is 487 g/mol. The molecule has 0 spiro atoms. The fraction of sp³-hybridized carbons (Fsp3) is 0.259. The molecule has 8 heteroatoms. The number of piperidine rings is 1. The molecule has 1 saturated heterocycles. The highest BCUT2D eigenvalue weighted by molar-refractivity contribution is 6.30. The Labute approximate surface area is 209 Å². The number of hydrogen-bond acceptors (Lipinski definition) is 6. The van der Waals surface area contributed by atoms with E-state index >= 15 is 0 Å². The minimum absolute atomic E-state index is 0.00304. The van der Waals surface area contributed by atoms with Crippen LogP contribution in [0.15, 0.2) is 77.4 Å². The van der Waals surface area contributed by atoms with Crippen LogP contribution in [0.3, 0.4) is 0 Å². The third-order valence-corrected chi connectivity index (χ3v) is 6.52. The standard InChI is InChI=1S/C27H26ClN5O2/c28-22-10-8-19(9-11-22)12-16-30-26(34)21-13-17-33(18-14-21)25-23(7-4-15-29-25)27-31-24(32-35-27)20-5-2-1-3-6-20/h1-11,15,21H,12-14,16-18H2,(H,30,34). The normalized spacial score (nSPS) is 14.1. The number of amides is 1. The third kappa shape index (κ3) is 5.52. The smallest absolute Gasteiger partial charge is 0.261 e. The number of hydrogen-bond donors (Lipinski definition) is 1. The van der Waals surface area contributed by atoms with Gasteiger partial charge in [0, 0.05) is 42.3 Å². The maximum absolute atomic E-state index is 12.7. The van der Waals surface area contributed by atoms with E-state index in [4.69, 9.17) is 16.1 Å². The summed E-state index contributed by atoms with van der Waals surface area (Å²) in [6, 6.07) is 21.3. The molecule has 2 aromatic heterocycles. The molecule has 0 saturated carbocycles. The molecule has 0 bridgehead atoms. The average molecular weight is 488 g/mol. The first-order valence-corrected chi connectivity index (χ1v) is 12.2. The highest BCUT2D eigenvalue weighted by Crippen LogP contribution is 2.31. The predicted molar refractivity (Wildman–Crippen MR) is 136 cm³/mol. The van der Waals surface area contributed by atoms with Gasteiger partial charge < -0.3 is 14.7 Å². The molecule has 1 fully saturated rings. The number of rotatable bonds is 7. The van der Waals surface area contributed by atoms with Crippen LogP contribution in [0.1, 0.15) is 18.4 Å². The number of carbonyl (C=O) groups is 1. The quantitative estimate of drug-likeness (QED) is 0.393. The molecule has 1 aliphatic heterocycles. The van der Waals surface area contributed by atoms with Crippen molar-refractivity contribution in [3.63, 3.8) is 0 Å². The van der Waals surface area contributed by atoms with E-state index in [9.17, 15) is 4.79 Å². The van der Waals surface area contributed by atoms with Crippen LogP contribution in [-0.2, 0) is 11.2 Å². The molecular formula is C27H26ClN5O2. The molecule has 35 heavy (non-hydrogen) atoms. The minimum atomic E-state index is -0.00304. The van der Waals surface area contributed by atoms with Crippen molar-refractivity contribution in [2.45, 2.75) is 19.3 Å². The zero-order valence-electron chi connectivity index (χ0n) is 19.2. The van der Waals surface area contributed by atoms with Crippen LogP contribution < -0.4 is 10.2 Å². The van der Waals surface area contributed by atoms with E-state index in [1.807, 2.05) is 66.7 Å². The predicted octanol–water partition coefficient (Wildman–Crippen LogP) is 5.03. The lowest BCUT2D eigenvalue weighted by molar-refractivity contribution is -0.125. The first kappa shape index (κ1) is 23.1. The summed E-state index contributed by atoms with van der Waals surface area (Å²) in [7, 11) is 0. The van der Waals surface area contributed by atoms with Gasteiger partial charge in [0.1, 0.15) is 5.82 Å². The molecule has 1 aliphatic rings. The van der Waals surface area contributed by atoms with E-state index < -0.39 is 0 Å². The van der Waals surface area contributed by atoms with Gasteiger partial charge in [-0.1, -0.05) is 59.2 Å². The fourth-order valence-electron chi connectivity index (χ4n) is 4.33. The number of pyridine rings is 1. The molecule has 2 aromatic carbocycles. The van der Waals surface area contributed by atoms with Crippen molar-refractivity contribution in [3.8, 4) is 22.8 Å². The summed E-state index contributed by atoms with van der Waals surface area (Å²) in [6.07, 6.45) is 4.08. The second-order valence-electron chi connectivity index (χ2n) is 8.59. The molecule has 5 rings (SSSR count). The Morgan fingerprint density at radius 3 is 2.57 bits per heavy atom. The van der Waals surface area contributed by atoms with Crippen molar-refractivity contribution in [1.82, 2.24) is 20.4 Å². The van der Waals surface area contributed by atoms with E-state index in [1.165, 1.54) is 0 Å². The summed E-state index contributed by atoms with van der Waals surface area (Å²) in [5.41, 5.74) is 2.85. The second kappa shape index (κ2) is 10.7. The highest BCUT2D eigenvalue weighted by atomic mass is 35.5. The Kier molecular flexibility index (Phi) is 7.04. The average Bonchev–Trinajstić information content (AvgIpc) is 3.41. The number of nitrogens with one attached hydrogen (secondary N) is 1. The van der Waals surface area contributed by atoms with Gasteiger partial charge in [0.15, 0.2) is 0 Å². The van der Waals surface area contributed by atoms with Gasteiger partial charge in [0.2, 0.25) is 11.7 Å². The fourth-order valence-corrected chi connectivity index (χ4v) is 4.46. The van der Waals surface area contributed by atoms with E-state index in [-0.39, 0.29) is 11.8 Å². The van der Waals surface area contributed by atoms with Crippen molar-refractivity contribution < 1.29 is 9.32 Å². The highest BCUT2D eigenvalue weighted by Gasteiger charge is 2.27. The Bertz CT molecular complexity index is 1270. The minimum Gasteiger partial charge on any atom is -0.356 e. The zero-order chi connectivity index (χ0) is 24.0. The van der Waals surface area contributed by atoms with Crippen LogP contribution in [0.5, 0.6) is 0 Å². The van der Waals surface area contributed by atoms with Crippen LogP contribution in [-0.4, -0.2) is 40.7 Å². The van der Waals surface area contributed by atoms with Crippen LogP contribution >= 0.6 is 11.6 Å². The summed E-state index contributed by atoms with van der Waals surface area (Å²) in [5.74, 6) is 1.90. The van der Waals surface area contributed by atoms with E-state index in [1.54, 1.807) is 6.20 Å². The van der Waals surface area contributed by atoms with Gasteiger partial charge in [-0.25, -0.2) is 4.98 Å². The Morgan fingerprint density at radius 2 is 1.80 bits per heavy atom. The molecule has 0 atom stereocenters. The number of aromatic nitrogens is 3. The van der Waals surface area contributed by atoms with Crippen LogP contribution in [0.2, 0.25) is 5.02 Å². The lowest BCUT2D eigenvalue weighted by atomic mass is 9.95. The molecule has 0 unspecified atom stereocenters. The van der Waals surface area contributed by atoms with Gasteiger partial charge in [-0.15, -0.1) is 0 Å². The summed E-state index contributed by atoms with van der Waals surface area (Å²) in [4.78, 5) is 24.1. The van der Waals surface area contributed by atoms with Crippen molar-refractivity contribution in [2.24, 2.45) is 5.92 Å². The molecule has 0 radical (unpaired) electrons. The van der Waals surface area contributed by atoms with Gasteiger partial charge >= 0.3 is 0 Å². The molecule has 4 aromatic rings. The SMILES string of the molecule is O=C(NCCc1ccc(Cl)cc1)C1CCN(c2ncccc2-c2nc(-c3ccccc3)no2)CC1. The van der Waals surface area contributed by atoms with E-state index in [0.717, 1.165) is 59.9 Å². The van der Waals surface area contributed by atoms with Crippen LogP contribution in [0.4, 0.5) is 5.82 Å². The number of anilines is 1. The lowest BCUT2D eigenvalue weighted by Gasteiger charge is -2.32. The maximum Gasteiger partial charge on any atom is 0.261 e. The third-order valence-electron chi connectivity index (χ3n) is 6.27. The Morgan fingerprint density at radius 1 is 1.03 bits per heavy atom. The number of carbonyl (C=O) groups excluding carboxylic acids is 1. The van der Waals surface area contributed by atoms with Crippen molar-refractivity contribution in [2.75, 3.05) is 24.5 Å². The molecule has 0 aliphatic carbocycles. The van der Waals surface area contributed by atoms with E-state index in [2.05, 4.69) is 25.3 Å². The molecule has 7 nitrogen and oxygen atoms in total. The second-order valence-corrected chi connectivity index (χ2v) is 9.03. The van der Waals surface area contributed by atoms with Gasteiger partial charge in [0.05, 0.1) is 5.56 Å². The largest absolute Gasteiger partial charge is 0.356 e. The molecule has 178 valence electrons. The molecule has 3 heterocycles. The number of halogens is 1. The van der Waals surface area contributed by atoms with Crippen molar-refractivity contribution in [1.29, 1.82) is 0 Å². The number of nitrogens with zero attached hydrogens (tertiary/aromatic N) is 4. The van der Waals surface area contributed by atoms with E-state index in [0.29, 0.717) is 18.3 Å². The van der Waals surface area contributed by atoms with Gasteiger partial charge in [-0.3, -0.25) is 4.79 Å². The topological polar surface area (TPSA) is 84.2 Å². The van der Waals surface area contributed by atoms with Gasteiger partial charge in [0.25, 0.3) is 5.89 Å². The maximum atomic E-state index is 12.7. The zero-order valence-corrected chi connectivity index (χ0v) is 20.0. The molecule has 1 amide bonds. The summed E-state index contributed by atoms with van der Waals surface area (Å²) in [5, 5.41) is 7.95. The van der Waals surface area contributed by atoms with Crippen LogP contribution in [0.25, 0.3) is 22.8 Å². The first-order chi connectivity index (χ1) is 17.2. The van der Waals surface area contributed by atoms with Crippen LogP contribution in [0, 0.1) is 5.92 Å². The van der Waals surface area contributed by atoms with Crippen molar-refractivity contribution in [3.05, 3.63) is 83.5 Å². The molecular weight excluding hydrogens is 462 g/mol. The Hall–Kier alpha value is -3.71. The Balaban J connectivity index is 1.19.